The fourth-order valence-corrected chi connectivity index (χ4v) is 1.82. The molecule has 0 aliphatic rings. The highest BCUT2D eigenvalue weighted by molar-refractivity contribution is 5.88. The van der Waals surface area contributed by atoms with Crippen LogP contribution in [0.2, 0.25) is 0 Å². The minimum atomic E-state index is -4.68. The Hall–Kier alpha value is -1.69. The fraction of sp³-hybridized carbons (Fsp3) is 0.333. The molecule has 0 fully saturated rings. The van der Waals surface area contributed by atoms with E-state index in [0.29, 0.717) is 23.9 Å². The molecule has 0 spiro atoms. The summed E-state index contributed by atoms with van der Waals surface area (Å²) < 4.78 is 45.6. The molecule has 18 heavy (non-hydrogen) atoms. The van der Waals surface area contributed by atoms with Gasteiger partial charge in [0.2, 0.25) is 0 Å². The maximum Gasteiger partial charge on any atom is 0.573 e. The van der Waals surface area contributed by atoms with Gasteiger partial charge in [-0.25, -0.2) is 0 Å². The average molecular weight is 259 g/mol. The molecule has 1 aromatic carbocycles. The van der Waals surface area contributed by atoms with E-state index in [1.807, 2.05) is 0 Å². The van der Waals surface area contributed by atoms with Gasteiger partial charge in [0.05, 0.1) is 12.1 Å². The number of nitrogens with one attached hydrogen (secondary N) is 1. The molecule has 3 nitrogen and oxygen atoms in total. The lowest BCUT2D eigenvalue weighted by Gasteiger charge is -2.11. The molecular weight excluding hydrogens is 247 g/mol. The third kappa shape index (κ3) is 2.76. The van der Waals surface area contributed by atoms with E-state index in [9.17, 15) is 13.2 Å². The number of halogens is 3. The van der Waals surface area contributed by atoms with Gasteiger partial charge in [0.25, 0.3) is 0 Å². The van der Waals surface area contributed by atoms with Gasteiger partial charge in [-0.05, 0) is 24.1 Å². The molecule has 2 aromatic rings. The van der Waals surface area contributed by atoms with Gasteiger partial charge >= 0.3 is 6.36 Å². The van der Waals surface area contributed by atoms with Crippen molar-refractivity contribution >= 4 is 10.9 Å². The van der Waals surface area contributed by atoms with Crippen LogP contribution in [0.3, 0.4) is 0 Å². The Balaban J connectivity index is 2.37. The number of ether oxygens (including phenoxy) is 2. The van der Waals surface area contributed by atoms with Gasteiger partial charge in [0, 0.05) is 18.7 Å². The van der Waals surface area contributed by atoms with Gasteiger partial charge in [-0.1, -0.05) is 6.07 Å². The van der Waals surface area contributed by atoms with Crippen molar-refractivity contribution in [1.82, 2.24) is 4.98 Å². The molecule has 1 aromatic heterocycles. The number of aromatic amines is 1. The fourth-order valence-electron chi connectivity index (χ4n) is 1.82. The second-order valence-electron chi connectivity index (χ2n) is 3.78. The predicted molar refractivity (Wildman–Crippen MR) is 60.6 cm³/mol. The molecule has 0 aliphatic carbocycles. The highest BCUT2D eigenvalue weighted by Gasteiger charge is 2.32. The molecule has 0 bridgehead atoms. The highest BCUT2D eigenvalue weighted by atomic mass is 19.4. The Morgan fingerprint density at radius 3 is 2.67 bits per heavy atom. The number of methoxy groups -OCH3 is 1. The largest absolute Gasteiger partial charge is 0.573 e. The molecule has 6 heteroatoms. The van der Waals surface area contributed by atoms with E-state index < -0.39 is 6.36 Å². The van der Waals surface area contributed by atoms with Crippen LogP contribution in [0, 0.1) is 0 Å². The third-order valence-corrected chi connectivity index (χ3v) is 2.57. The Labute approximate surface area is 102 Å². The number of hydrogen-bond donors (Lipinski definition) is 1. The van der Waals surface area contributed by atoms with Crippen molar-refractivity contribution in [2.24, 2.45) is 0 Å². The minimum Gasteiger partial charge on any atom is -0.405 e. The molecule has 0 saturated heterocycles. The zero-order chi connectivity index (χ0) is 13.2. The third-order valence-electron chi connectivity index (χ3n) is 2.57. The summed E-state index contributed by atoms with van der Waals surface area (Å²) in [4.78, 5) is 2.92. The van der Waals surface area contributed by atoms with Crippen molar-refractivity contribution in [3.05, 3.63) is 30.0 Å². The maximum atomic E-state index is 12.2. The Morgan fingerprint density at radius 1 is 1.22 bits per heavy atom. The van der Waals surface area contributed by atoms with Crippen LogP contribution in [0.4, 0.5) is 13.2 Å². The standard InChI is InChI=1S/C12H12F3NO2/c1-17-7-5-8-2-3-10(18-12(13,14)15)9-4-6-16-11(8)9/h2-4,6,16H,5,7H2,1H3. The first-order valence-corrected chi connectivity index (χ1v) is 5.35. The average Bonchev–Trinajstić information content (AvgIpc) is 2.75. The summed E-state index contributed by atoms with van der Waals surface area (Å²) in [6.07, 6.45) is -2.47. The van der Waals surface area contributed by atoms with Crippen LogP contribution < -0.4 is 4.74 Å². The zero-order valence-electron chi connectivity index (χ0n) is 9.67. The number of hydrogen-bond acceptors (Lipinski definition) is 2. The van der Waals surface area contributed by atoms with Crippen LogP contribution in [0.1, 0.15) is 5.56 Å². The number of H-pyrrole nitrogens is 1. The van der Waals surface area contributed by atoms with Crippen LogP contribution in [0.25, 0.3) is 10.9 Å². The van der Waals surface area contributed by atoms with Gasteiger partial charge in [-0.3, -0.25) is 0 Å². The summed E-state index contributed by atoms with van der Waals surface area (Å²) in [6, 6.07) is 4.50. The molecule has 0 atom stereocenters. The maximum absolute atomic E-state index is 12.2. The first-order chi connectivity index (χ1) is 8.51. The first-order valence-electron chi connectivity index (χ1n) is 5.35. The van der Waals surface area contributed by atoms with E-state index in [-0.39, 0.29) is 5.75 Å². The number of fused-ring (bicyclic) bond motifs is 1. The second kappa shape index (κ2) is 4.89. The second-order valence-corrected chi connectivity index (χ2v) is 3.78. The van der Waals surface area contributed by atoms with Crippen molar-refractivity contribution in [2.75, 3.05) is 13.7 Å². The van der Waals surface area contributed by atoms with Crippen LogP contribution in [-0.2, 0) is 11.2 Å². The predicted octanol–water partition coefficient (Wildman–Crippen LogP) is 3.26. The van der Waals surface area contributed by atoms with Crippen LogP contribution >= 0.6 is 0 Å². The van der Waals surface area contributed by atoms with Crippen molar-refractivity contribution < 1.29 is 22.6 Å². The number of alkyl halides is 3. The molecule has 1 heterocycles. The van der Waals surface area contributed by atoms with Crippen molar-refractivity contribution in [3.8, 4) is 5.75 Å². The summed E-state index contributed by atoms with van der Waals surface area (Å²) in [6.45, 7) is 0.508. The molecular formula is C12H12F3NO2. The normalized spacial score (nSPS) is 12.0. The van der Waals surface area contributed by atoms with Gasteiger partial charge in [-0.2, -0.15) is 0 Å². The van der Waals surface area contributed by atoms with Gasteiger partial charge in [-0.15, -0.1) is 13.2 Å². The smallest absolute Gasteiger partial charge is 0.405 e. The molecule has 0 amide bonds. The summed E-state index contributed by atoms with van der Waals surface area (Å²) in [5.74, 6) is -0.195. The quantitative estimate of drug-likeness (QED) is 0.914. The summed E-state index contributed by atoms with van der Waals surface area (Å²) in [5, 5.41) is 0.418. The van der Waals surface area contributed by atoms with E-state index in [1.54, 1.807) is 25.4 Å². The molecule has 98 valence electrons. The number of rotatable bonds is 4. The number of benzene rings is 1. The summed E-state index contributed by atoms with van der Waals surface area (Å²) in [5.41, 5.74) is 1.54. The molecule has 0 aliphatic heterocycles. The first kappa shape index (κ1) is 12.8. The monoisotopic (exact) mass is 259 g/mol. The van der Waals surface area contributed by atoms with Crippen molar-refractivity contribution in [2.45, 2.75) is 12.8 Å². The Morgan fingerprint density at radius 2 is 2.00 bits per heavy atom. The van der Waals surface area contributed by atoms with Crippen LogP contribution in [-0.4, -0.2) is 25.1 Å². The summed E-state index contributed by atoms with van der Waals surface area (Å²) >= 11 is 0. The van der Waals surface area contributed by atoms with Crippen molar-refractivity contribution in [1.29, 1.82) is 0 Å². The molecule has 1 N–H and O–H groups in total. The lowest BCUT2D eigenvalue weighted by Crippen LogP contribution is -2.17. The van der Waals surface area contributed by atoms with Crippen LogP contribution in [0.15, 0.2) is 24.4 Å². The van der Waals surface area contributed by atoms with Gasteiger partial charge in [0.1, 0.15) is 5.75 Å². The van der Waals surface area contributed by atoms with E-state index in [1.165, 1.54) is 6.07 Å². The van der Waals surface area contributed by atoms with E-state index in [2.05, 4.69) is 9.72 Å². The lowest BCUT2D eigenvalue weighted by atomic mass is 10.1. The SMILES string of the molecule is COCCc1ccc(OC(F)(F)F)c2cc[nH]c12. The van der Waals surface area contributed by atoms with E-state index in [0.717, 1.165) is 5.56 Å². The topological polar surface area (TPSA) is 34.2 Å². The zero-order valence-corrected chi connectivity index (χ0v) is 9.67. The molecule has 0 unspecified atom stereocenters. The van der Waals surface area contributed by atoms with Gasteiger partial charge in [0.15, 0.2) is 0 Å². The number of aromatic nitrogens is 1. The Bertz CT molecular complexity index is 534. The highest BCUT2D eigenvalue weighted by Crippen LogP contribution is 2.32. The van der Waals surface area contributed by atoms with E-state index in [4.69, 9.17) is 4.74 Å². The minimum absolute atomic E-state index is 0.195. The van der Waals surface area contributed by atoms with Gasteiger partial charge < -0.3 is 14.5 Å². The van der Waals surface area contributed by atoms with Crippen molar-refractivity contribution in [3.63, 3.8) is 0 Å². The Kier molecular flexibility index (Phi) is 3.47. The van der Waals surface area contributed by atoms with Crippen LogP contribution in [0.5, 0.6) is 5.75 Å². The summed E-state index contributed by atoms with van der Waals surface area (Å²) in [7, 11) is 1.58. The molecule has 0 radical (unpaired) electrons. The molecule has 0 saturated carbocycles. The molecule has 2 rings (SSSR count). The lowest BCUT2D eigenvalue weighted by molar-refractivity contribution is -0.274. The van der Waals surface area contributed by atoms with E-state index >= 15 is 0 Å².